The Morgan fingerprint density at radius 3 is 2.31 bits per heavy atom. The van der Waals surface area contributed by atoms with Crippen LogP contribution in [0.4, 0.5) is 10.5 Å². The fourth-order valence-corrected chi connectivity index (χ4v) is 3.06. The Morgan fingerprint density at radius 2 is 1.62 bits per heavy atom. The van der Waals surface area contributed by atoms with Crippen molar-refractivity contribution in [1.29, 1.82) is 0 Å². The van der Waals surface area contributed by atoms with E-state index in [4.69, 9.17) is 5.10 Å². The normalized spacial score (nSPS) is 10.5. The van der Waals surface area contributed by atoms with Gasteiger partial charge in [0.05, 0.1) is 17.9 Å². The number of para-hydroxylation sites is 1. The van der Waals surface area contributed by atoms with Gasteiger partial charge in [-0.2, -0.15) is 5.10 Å². The van der Waals surface area contributed by atoms with Gasteiger partial charge in [-0.1, -0.05) is 48.5 Å². The molecule has 0 saturated heterocycles. The summed E-state index contributed by atoms with van der Waals surface area (Å²) in [6.45, 7) is 0.425. The lowest BCUT2D eigenvalue weighted by Crippen LogP contribution is -2.30. The maximum atomic E-state index is 12.6. The lowest BCUT2D eigenvalue weighted by Gasteiger charge is -2.18. The number of hydrogen-bond acceptors (Lipinski definition) is 3. The standard InChI is InChI=1S/C23H21N5O/c1-27(23(29)25-20-12-14-24-15-13-20)16-19-17-28(21-10-6-3-7-11-21)26-22(19)18-8-4-2-5-9-18/h2-15,17H,16H2,1H3,(H,24,25,29). The summed E-state index contributed by atoms with van der Waals surface area (Å²) in [6.07, 6.45) is 5.27. The highest BCUT2D eigenvalue weighted by molar-refractivity contribution is 5.89. The number of benzene rings is 2. The minimum absolute atomic E-state index is 0.192. The number of carbonyl (C=O) groups excluding carboxylic acids is 1. The molecular weight excluding hydrogens is 362 g/mol. The third-order valence-electron chi connectivity index (χ3n) is 4.54. The Kier molecular flexibility index (Phi) is 5.33. The molecule has 1 N–H and O–H groups in total. The van der Waals surface area contributed by atoms with Gasteiger partial charge in [-0.25, -0.2) is 9.48 Å². The highest BCUT2D eigenvalue weighted by Gasteiger charge is 2.17. The molecule has 0 spiro atoms. The third-order valence-corrected chi connectivity index (χ3v) is 4.54. The number of hydrogen-bond donors (Lipinski definition) is 1. The van der Waals surface area contributed by atoms with Crippen LogP contribution in [0, 0.1) is 0 Å². The van der Waals surface area contributed by atoms with Crippen LogP contribution in [0.15, 0.2) is 91.4 Å². The SMILES string of the molecule is CN(Cc1cn(-c2ccccc2)nc1-c1ccccc1)C(=O)Nc1ccncc1. The molecule has 6 nitrogen and oxygen atoms in total. The molecule has 0 fully saturated rings. The summed E-state index contributed by atoms with van der Waals surface area (Å²) in [5.41, 5.74) is 4.52. The maximum Gasteiger partial charge on any atom is 0.321 e. The second-order valence-corrected chi connectivity index (χ2v) is 6.67. The Labute approximate surface area is 169 Å². The van der Waals surface area contributed by atoms with Crippen molar-refractivity contribution >= 4 is 11.7 Å². The predicted molar refractivity (Wildman–Crippen MR) is 114 cm³/mol. The zero-order valence-electron chi connectivity index (χ0n) is 16.1. The summed E-state index contributed by atoms with van der Waals surface area (Å²) in [5.74, 6) is 0. The monoisotopic (exact) mass is 383 g/mol. The summed E-state index contributed by atoms with van der Waals surface area (Å²) in [5, 5.41) is 7.68. The Hall–Kier alpha value is -3.93. The van der Waals surface area contributed by atoms with Gasteiger partial charge in [0.2, 0.25) is 0 Å². The molecule has 6 heteroatoms. The fourth-order valence-electron chi connectivity index (χ4n) is 3.06. The van der Waals surface area contributed by atoms with E-state index in [0.717, 1.165) is 22.5 Å². The zero-order valence-corrected chi connectivity index (χ0v) is 16.1. The first-order valence-corrected chi connectivity index (χ1v) is 9.32. The molecule has 0 atom stereocenters. The van der Waals surface area contributed by atoms with Gasteiger partial charge in [0, 0.05) is 42.5 Å². The number of carbonyl (C=O) groups is 1. The largest absolute Gasteiger partial charge is 0.323 e. The molecule has 2 aromatic heterocycles. The van der Waals surface area contributed by atoms with Gasteiger partial charge in [0.15, 0.2) is 0 Å². The molecular formula is C23H21N5O. The zero-order chi connectivity index (χ0) is 20.1. The Balaban J connectivity index is 1.61. The van der Waals surface area contributed by atoms with Crippen molar-refractivity contribution in [3.05, 3.63) is 97.0 Å². The first kappa shape index (κ1) is 18.4. The number of aromatic nitrogens is 3. The van der Waals surface area contributed by atoms with Crippen molar-refractivity contribution in [2.45, 2.75) is 6.54 Å². The van der Waals surface area contributed by atoms with Gasteiger partial charge >= 0.3 is 6.03 Å². The van der Waals surface area contributed by atoms with Crippen LogP contribution in [0.5, 0.6) is 0 Å². The van der Waals surface area contributed by atoms with Gasteiger partial charge in [-0.15, -0.1) is 0 Å². The minimum atomic E-state index is -0.192. The van der Waals surface area contributed by atoms with Gasteiger partial charge in [0.1, 0.15) is 0 Å². The van der Waals surface area contributed by atoms with Crippen LogP contribution in [-0.4, -0.2) is 32.7 Å². The van der Waals surface area contributed by atoms with E-state index in [1.54, 1.807) is 36.5 Å². The number of amides is 2. The van der Waals surface area contributed by atoms with E-state index in [-0.39, 0.29) is 6.03 Å². The molecule has 29 heavy (non-hydrogen) atoms. The van der Waals surface area contributed by atoms with Crippen molar-refractivity contribution in [1.82, 2.24) is 19.7 Å². The van der Waals surface area contributed by atoms with Crippen LogP contribution in [0.3, 0.4) is 0 Å². The number of pyridine rings is 1. The summed E-state index contributed by atoms with van der Waals surface area (Å²) in [7, 11) is 1.77. The highest BCUT2D eigenvalue weighted by Crippen LogP contribution is 2.24. The van der Waals surface area contributed by atoms with Crippen LogP contribution in [0.25, 0.3) is 16.9 Å². The molecule has 0 aliphatic rings. The van der Waals surface area contributed by atoms with Crippen LogP contribution in [0.1, 0.15) is 5.56 Å². The van der Waals surface area contributed by atoms with Crippen molar-refractivity contribution in [2.24, 2.45) is 0 Å². The molecule has 144 valence electrons. The molecule has 0 aliphatic heterocycles. The second-order valence-electron chi connectivity index (χ2n) is 6.67. The van der Waals surface area contributed by atoms with Gasteiger partial charge in [0.25, 0.3) is 0 Å². The summed E-state index contributed by atoms with van der Waals surface area (Å²) in [6, 6.07) is 23.3. The van der Waals surface area contributed by atoms with Crippen molar-refractivity contribution in [2.75, 3.05) is 12.4 Å². The van der Waals surface area contributed by atoms with Gasteiger partial charge in [-0.3, -0.25) is 4.98 Å². The van der Waals surface area contributed by atoms with Crippen LogP contribution in [-0.2, 0) is 6.54 Å². The van der Waals surface area contributed by atoms with Crippen molar-refractivity contribution in [3.63, 3.8) is 0 Å². The average Bonchev–Trinajstić information content (AvgIpc) is 3.19. The maximum absolute atomic E-state index is 12.6. The van der Waals surface area contributed by atoms with Gasteiger partial charge in [-0.05, 0) is 24.3 Å². The molecule has 2 aromatic carbocycles. The number of urea groups is 1. The van der Waals surface area contributed by atoms with Crippen molar-refractivity contribution in [3.8, 4) is 16.9 Å². The van der Waals surface area contributed by atoms with E-state index < -0.39 is 0 Å². The molecule has 0 aliphatic carbocycles. The summed E-state index contributed by atoms with van der Waals surface area (Å²) < 4.78 is 1.85. The van der Waals surface area contributed by atoms with E-state index in [2.05, 4.69) is 10.3 Å². The minimum Gasteiger partial charge on any atom is -0.323 e. The van der Waals surface area contributed by atoms with E-state index in [9.17, 15) is 4.79 Å². The first-order chi connectivity index (χ1) is 14.2. The van der Waals surface area contributed by atoms with E-state index in [1.165, 1.54) is 0 Å². The molecule has 2 amide bonds. The topological polar surface area (TPSA) is 63.1 Å². The van der Waals surface area contributed by atoms with E-state index >= 15 is 0 Å². The Morgan fingerprint density at radius 1 is 0.966 bits per heavy atom. The summed E-state index contributed by atoms with van der Waals surface area (Å²) in [4.78, 5) is 18.2. The predicted octanol–water partition coefficient (Wildman–Crippen LogP) is 4.60. The molecule has 4 aromatic rings. The van der Waals surface area contributed by atoms with Crippen LogP contribution >= 0.6 is 0 Å². The van der Waals surface area contributed by atoms with E-state index in [0.29, 0.717) is 12.2 Å². The van der Waals surface area contributed by atoms with Crippen LogP contribution in [0.2, 0.25) is 0 Å². The molecule has 0 saturated carbocycles. The lowest BCUT2D eigenvalue weighted by atomic mass is 10.1. The molecule has 4 rings (SSSR count). The lowest BCUT2D eigenvalue weighted by molar-refractivity contribution is 0.221. The highest BCUT2D eigenvalue weighted by atomic mass is 16.2. The first-order valence-electron chi connectivity index (χ1n) is 9.32. The molecule has 0 unspecified atom stereocenters. The van der Waals surface area contributed by atoms with E-state index in [1.807, 2.05) is 71.5 Å². The van der Waals surface area contributed by atoms with Crippen LogP contribution < -0.4 is 5.32 Å². The number of nitrogens with zero attached hydrogens (tertiary/aromatic N) is 4. The fraction of sp³-hybridized carbons (Fsp3) is 0.0870. The molecule has 0 bridgehead atoms. The number of nitrogens with one attached hydrogen (secondary N) is 1. The Bertz CT molecular complexity index is 1080. The molecule has 2 heterocycles. The number of anilines is 1. The second kappa shape index (κ2) is 8.39. The smallest absolute Gasteiger partial charge is 0.321 e. The molecule has 0 radical (unpaired) electrons. The quantitative estimate of drug-likeness (QED) is 0.548. The third kappa shape index (κ3) is 4.32. The summed E-state index contributed by atoms with van der Waals surface area (Å²) >= 11 is 0. The van der Waals surface area contributed by atoms with Crippen molar-refractivity contribution < 1.29 is 4.79 Å². The van der Waals surface area contributed by atoms with Gasteiger partial charge < -0.3 is 10.2 Å². The number of rotatable bonds is 5. The average molecular weight is 383 g/mol.